The smallest absolute Gasteiger partial charge is 0.254 e. The number of hydrogen-bond donors (Lipinski definition) is 1. The van der Waals surface area contributed by atoms with Crippen LogP contribution in [-0.4, -0.2) is 28.9 Å². The number of likely N-dealkylation sites (tertiary alicyclic amines) is 1. The number of nitrogens with two attached hydrogens (primary N) is 1. The van der Waals surface area contributed by atoms with Crippen molar-refractivity contribution in [3.8, 4) is 0 Å². The highest BCUT2D eigenvalue weighted by atomic mass is 35.5. The van der Waals surface area contributed by atoms with Crippen molar-refractivity contribution in [2.24, 2.45) is 5.92 Å². The third-order valence-corrected chi connectivity index (χ3v) is 3.85. The number of anilines is 1. The first-order valence-corrected chi connectivity index (χ1v) is 7.20. The van der Waals surface area contributed by atoms with E-state index < -0.39 is 0 Å². The molecule has 1 aromatic heterocycles. The van der Waals surface area contributed by atoms with Gasteiger partial charge in [0.25, 0.3) is 5.91 Å². The highest BCUT2D eigenvalue weighted by molar-refractivity contribution is 6.29. The fraction of sp³-hybridized carbons (Fsp3) is 0.571. The molecule has 0 atom stereocenters. The van der Waals surface area contributed by atoms with Gasteiger partial charge in [-0.25, -0.2) is 4.98 Å². The van der Waals surface area contributed by atoms with Crippen molar-refractivity contribution in [3.05, 3.63) is 22.8 Å². The Morgan fingerprint density at radius 2 is 2.16 bits per heavy atom. The molecule has 2 heterocycles. The normalized spacial score (nSPS) is 16.6. The van der Waals surface area contributed by atoms with Gasteiger partial charge >= 0.3 is 0 Å². The second-order valence-corrected chi connectivity index (χ2v) is 5.51. The fourth-order valence-electron chi connectivity index (χ4n) is 2.66. The van der Waals surface area contributed by atoms with Gasteiger partial charge in [-0.2, -0.15) is 0 Å². The van der Waals surface area contributed by atoms with Crippen molar-refractivity contribution >= 4 is 23.3 Å². The minimum absolute atomic E-state index is 0.00551. The zero-order valence-electron chi connectivity index (χ0n) is 11.2. The molecule has 0 spiro atoms. The number of hydrogen-bond acceptors (Lipinski definition) is 3. The fourth-order valence-corrected chi connectivity index (χ4v) is 2.87. The summed E-state index contributed by atoms with van der Waals surface area (Å²) in [6.07, 6.45) is 4.66. The Labute approximate surface area is 118 Å². The molecule has 1 amide bonds. The topological polar surface area (TPSA) is 59.2 Å². The number of nitrogens with zero attached hydrogens (tertiary/aromatic N) is 2. The lowest BCUT2D eigenvalue weighted by Gasteiger charge is -2.32. The van der Waals surface area contributed by atoms with Crippen molar-refractivity contribution in [2.45, 2.75) is 32.6 Å². The number of pyridine rings is 1. The first kappa shape index (κ1) is 14.1. The lowest BCUT2D eigenvalue weighted by molar-refractivity contribution is 0.0686. The molecule has 0 aromatic carbocycles. The van der Waals surface area contributed by atoms with Gasteiger partial charge in [0.2, 0.25) is 0 Å². The predicted molar refractivity (Wildman–Crippen MR) is 77.2 cm³/mol. The molecule has 1 aliphatic rings. The van der Waals surface area contributed by atoms with Gasteiger partial charge in [-0.05, 0) is 30.9 Å². The minimum Gasteiger partial charge on any atom is -0.384 e. The largest absolute Gasteiger partial charge is 0.384 e. The van der Waals surface area contributed by atoms with E-state index in [4.69, 9.17) is 17.3 Å². The lowest BCUT2D eigenvalue weighted by atomic mass is 9.92. The number of carbonyl (C=O) groups excluding carboxylic acids is 1. The predicted octanol–water partition coefficient (Wildman–Crippen LogP) is 2.97. The summed E-state index contributed by atoms with van der Waals surface area (Å²) < 4.78 is 0. The number of piperidine rings is 1. The van der Waals surface area contributed by atoms with Gasteiger partial charge in [0.1, 0.15) is 11.0 Å². The first-order valence-electron chi connectivity index (χ1n) is 6.82. The summed E-state index contributed by atoms with van der Waals surface area (Å²) in [5, 5.41) is 0.268. The molecular formula is C14H20ClN3O. The molecule has 0 unspecified atom stereocenters. The Morgan fingerprint density at radius 1 is 1.47 bits per heavy atom. The Hall–Kier alpha value is -1.29. The van der Waals surface area contributed by atoms with Crippen LogP contribution in [0, 0.1) is 5.92 Å². The van der Waals surface area contributed by atoms with Gasteiger partial charge in [0.05, 0.1) is 0 Å². The standard InChI is InChI=1S/C14H20ClN3O/c1-2-3-10-4-6-18(7-5-10)14(19)11-8-12(15)17-13(16)9-11/h8-10H,2-7H2,1H3,(H2,16,17). The monoisotopic (exact) mass is 281 g/mol. The van der Waals surface area contributed by atoms with Crippen LogP contribution in [0.3, 0.4) is 0 Å². The summed E-state index contributed by atoms with van der Waals surface area (Å²) in [6, 6.07) is 3.17. The van der Waals surface area contributed by atoms with Crippen molar-refractivity contribution in [1.29, 1.82) is 0 Å². The molecule has 0 radical (unpaired) electrons. The zero-order chi connectivity index (χ0) is 13.8. The maximum Gasteiger partial charge on any atom is 0.254 e. The van der Waals surface area contributed by atoms with Crippen molar-refractivity contribution < 1.29 is 4.79 Å². The summed E-state index contributed by atoms with van der Waals surface area (Å²) in [6.45, 7) is 3.85. The number of rotatable bonds is 3. The number of halogens is 1. The number of carbonyl (C=O) groups is 1. The van der Waals surface area contributed by atoms with Gasteiger partial charge in [0.15, 0.2) is 0 Å². The Bertz CT molecular complexity index is 436. The van der Waals surface area contributed by atoms with Gasteiger partial charge < -0.3 is 10.6 Å². The highest BCUT2D eigenvalue weighted by Gasteiger charge is 2.23. The van der Waals surface area contributed by atoms with Crippen LogP contribution in [0.1, 0.15) is 43.0 Å². The molecule has 0 bridgehead atoms. The van der Waals surface area contributed by atoms with Crippen molar-refractivity contribution in [1.82, 2.24) is 9.88 Å². The van der Waals surface area contributed by atoms with E-state index in [-0.39, 0.29) is 16.9 Å². The average molecular weight is 282 g/mol. The van der Waals surface area contributed by atoms with E-state index in [9.17, 15) is 4.79 Å². The summed E-state index contributed by atoms with van der Waals surface area (Å²) in [4.78, 5) is 18.1. The summed E-state index contributed by atoms with van der Waals surface area (Å²) in [5.74, 6) is 1.06. The SMILES string of the molecule is CCCC1CCN(C(=O)c2cc(N)nc(Cl)c2)CC1. The van der Waals surface area contributed by atoms with Crippen LogP contribution in [0.15, 0.2) is 12.1 Å². The molecule has 1 aliphatic heterocycles. The highest BCUT2D eigenvalue weighted by Crippen LogP contribution is 2.23. The van der Waals surface area contributed by atoms with Gasteiger partial charge in [-0.1, -0.05) is 31.4 Å². The summed E-state index contributed by atoms with van der Waals surface area (Å²) in [7, 11) is 0. The van der Waals surface area contributed by atoms with E-state index in [0.717, 1.165) is 31.8 Å². The van der Waals surface area contributed by atoms with E-state index >= 15 is 0 Å². The van der Waals surface area contributed by atoms with Gasteiger partial charge in [0, 0.05) is 18.7 Å². The first-order chi connectivity index (χ1) is 9.10. The summed E-state index contributed by atoms with van der Waals surface area (Å²) >= 11 is 5.84. The second kappa shape index (κ2) is 6.24. The van der Waals surface area contributed by atoms with E-state index in [1.807, 2.05) is 4.90 Å². The van der Waals surface area contributed by atoms with Crippen LogP contribution in [0.25, 0.3) is 0 Å². The number of aromatic nitrogens is 1. The Morgan fingerprint density at radius 3 is 2.74 bits per heavy atom. The quantitative estimate of drug-likeness (QED) is 0.867. The second-order valence-electron chi connectivity index (χ2n) is 5.13. The minimum atomic E-state index is 0.00551. The Balaban J connectivity index is 2.01. The molecule has 19 heavy (non-hydrogen) atoms. The molecule has 0 saturated carbocycles. The molecule has 0 aliphatic carbocycles. The third-order valence-electron chi connectivity index (χ3n) is 3.66. The van der Waals surface area contributed by atoms with Crippen LogP contribution < -0.4 is 5.73 Å². The molecule has 5 heteroatoms. The molecular weight excluding hydrogens is 262 g/mol. The van der Waals surface area contributed by atoms with Crippen LogP contribution in [0.2, 0.25) is 5.15 Å². The molecule has 104 valence electrons. The van der Waals surface area contributed by atoms with Crippen LogP contribution >= 0.6 is 11.6 Å². The summed E-state index contributed by atoms with van der Waals surface area (Å²) in [5.41, 5.74) is 6.16. The Kier molecular flexibility index (Phi) is 4.64. The number of nitrogen functional groups attached to an aromatic ring is 1. The average Bonchev–Trinajstić information content (AvgIpc) is 2.38. The van der Waals surface area contributed by atoms with Gasteiger partial charge in [-0.3, -0.25) is 4.79 Å². The molecule has 2 N–H and O–H groups in total. The van der Waals surface area contributed by atoms with E-state index in [1.54, 1.807) is 12.1 Å². The lowest BCUT2D eigenvalue weighted by Crippen LogP contribution is -2.38. The van der Waals surface area contributed by atoms with Crippen LogP contribution in [0.4, 0.5) is 5.82 Å². The molecule has 2 rings (SSSR count). The van der Waals surface area contributed by atoms with Crippen molar-refractivity contribution in [2.75, 3.05) is 18.8 Å². The van der Waals surface area contributed by atoms with E-state index in [0.29, 0.717) is 5.56 Å². The maximum atomic E-state index is 12.4. The molecule has 1 saturated heterocycles. The van der Waals surface area contributed by atoms with Crippen LogP contribution in [0.5, 0.6) is 0 Å². The van der Waals surface area contributed by atoms with E-state index in [1.165, 1.54) is 12.8 Å². The van der Waals surface area contributed by atoms with Crippen molar-refractivity contribution in [3.63, 3.8) is 0 Å². The molecule has 1 fully saturated rings. The number of amides is 1. The maximum absolute atomic E-state index is 12.4. The van der Waals surface area contributed by atoms with Gasteiger partial charge in [-0.15, -0.1) is 0 Å². The third kappa shape index (κ3) is 3.60. The van der Waals surface area contributed by atoms with Crippen LogP contribution in [-0.2, 0) is 0 Å². The molecule has 4 nitrogen and oxygen atoms in total. The molecule has 1 aromatic rings. The zero-order valence-corrected chi connectivity index (χ0v) is 12.0. The van der Waals surface area contributed by atoms with E-state index in [2.05, 4.69) is 11.9 Å².